The van der Waals surface area contributed by atoms with E-state index in [0.29, 0.717) is 11.4 Å². The molecule has 94 valence electrons. The highest BCUT2D eigenvalue weighted by Gasteiger charge is 2.20. The van der Waals surface area contributed by atoms with E-state index in [1.165, 1.54) is 0 Å². The molecule has 0 amide bonds. The first-order valence-electron chi connectivity index (χ1n) is 5.46. The van der Waals surface area contributed by atoms with Gasteiger partial charge in [0.15, 0.2) is 0 Å². The molecule has 0 unspecified atom stereocenters. The van der Waals surface area contributed by atoms with E-state index < -0.39 is 5.97 Å². The molecule has 5 nitrogen and oxygen atoms in total. The number of aryl methyl sites for hydroxylation is 2. The lowest BCUT2D eigenvalue weighted by Crippen LogP contribution is -2.01. The number of carbonyl (C=O) groups is 1. The Hall–Kier alpha value is -2.30. The van der Waals surface area contributed by atoms with Crippen molar-refractivity contribution >= 4 is 5.97 Å². The van der Waals surface area contributed by atoms with E-state index in [-0.39, 0.29) is 5.56 Å². The summed E-state index contributed by atoms with van der Waals surface area (Å²) < 4.78 is 6.66. The van der Waals surface area contributed by atoms with Crippen molar-refractivity contribution in [2.75, 3.05) is 7.11 Å². The van der Waals surface area contributed by atoms with Gasteiger partial charge in [0.25, 0.3) is 0 Å². The Labute approximate surface area is 105 Å². The number of carboxylic acid groups (broad SMARTS) is 1. The lowest BCUT2D eigenvalue weighted by molar-refractivity contribution is 0.0697. The average molecular weight is 246 g/mol. The third-order valence-corrected chi connectivity index (χ3v) is 2.80. The number of aromatic nitrogens is 2. The third kappa shape index (κ3) is 1.95. The number of ether oxygens (including phenoxy) is 1. The monoisotopic (exact) mass is 246 g/mol. The van der Waals surface area contributed by atoms with Crippen LogP contribution in [-0.2, 0) is 7.05 Å². The van der Waals surface area contributed by atoms with Gasteiger partial charge in [-0.2, -0.15) is 5.10 Å². The van der Waals surface area contributed by atoms with E-state index in [2.05, 4.69) is 5.10 Å². The zero-order valence-electron chi connectivity index (χ0n) is 10.5. The van der Waals surface area contributed by atoms with Gasteiger partial charge in [0, 0.05) is 12.6 Å². The topological polar surface area (TPSA) is 64.3 Å². The van der Waals surface area contributed by atoms with E-state index in [1.54, 1.807) is 37.9 Å². The summed E-state index contributed by atoms with van der Waals surface area (Å²) in [5.74, 6) is -0.235. The molecular weight excluding hydrogens is 232 g/mol. The smallest absolute Gasteiger partial charge is 0.339 e. The molecule has 0 saturated carbocycles. The molecule has 2 aromatic rings. The van der Waals surface area contributed by atoms with Gasteiger partial charge in [-0.1, -0.05) is 0 Å². The van der Waals surface area contributed by atoms with E-state index in [0.717, 1.165) is 11.3 Å². The van der Waals surface area contributed by atoms with Crippen molar-refractivity contribution in [3.8, 4) is 17.0 Å². The molecule has 0 saturated heterocycles. The van der Waals surface area contributed by atoms with Crippen LogP contribution in [0.25, 0.3) is 11.3 Å². The van der Waals surface area contributed by atoms with Crippen LogP contribution in [0.4, 0.5) is 0 Å². The summed E-state index contributed by atoms with van der Waals surface area (Å²) in [6, 6.07) is 7.23. The Kier molecular flexibility index (Phi) is 3.06. The lowest BCUT2D eigenvalue weighted by atomic mass is 10.1. The second-order valence-electron chi connectivity index (χ2n) is 3.97. The number of aromatic carboxylic acids is 1. The largest absolute Gasteiger partial charge is 0.497 e. The first-order valence-corrected chi connectivity index (χ1v) is 5.46. The Balaban J connectivity index is 2.59. The first kappa shape index (κ1) is 12.2. The second-order valence-corrected chi connectivity index (χ2v) is 3.97. The molecule has 1 N–H and O–H groups in total. The lowest BCUT2D eigenvalue weighted by Gasteiger charge is -2.05. The number of carboxylic acids is 1. The molecule has 2 rings (SSSR count). The predicted octanol–water partition coefficient (Wildman–Crippen LogP) is 2.10. The fourth-order valence-corrected chi connectivity index (χ4v) is 1.99. The van der Waals surface area contributed by atoms with Gasteiger partial charge in [-0.05, 0) is 31.2 Å². The van der Waals surface area contributed by atoms with E-state index >= 15 is 0 Å². The molecule has 0 atom stereocenters. The van der Waals surface area contributed by atoms with Gasteiger partial charge < -0.3 is 9.84 Å². The van der Waals surface area contributed by atoms with Crippen LogP contribution in [0.3, 0.4) is 0 Å². The Bertz CT molecular complexity index is 585. The zero-order chi connectivity index (χ0) is 13.3. The predicted molar refractivity (Wildman–Crippen MR) is 66.9 cm³/mol. The summed E-state index contributed by atoms with van der Waals surface area (Å²) in [6.45, 7) is 1.69. The van der Waals surface area contributed by atoms with Gasteiger partial charge in [-0.15, -0.1) is 0 Å². The molecule has 0 bridgehead atoms. The van der Waals surface area contributed by atoms with Gasteiger partial charge in [0.05, 0.1) is 18.5 Å². The van der Waals surface area contributed by atoms with Crippen molar-refractivity contribution in [3.05, 3.63) is 35.5 Å². The van der Waals surface area contributed by atoms with E-state index in [1.807, 2.05) is 12.1 Å². The summed E-state index contributed by atoms with van der Waals surface area (Å²) in [5, 5.41) is 13.4. The molecule has 1 aromatic heterocycles. The Morgan fingerprint density at radius 2 is 1.94 bits per heavy atom. The molecular formula is C13H14N2O3. The van der Waals surface area contributed by atoms with E-state index in [4.69, 9.17) is 4.74 Å². The summed E-state index contributed by atoms with van der Waals surface area (Å²) >= 11 is 0. The van der Waals surface area contributed by atoms with Crippen LogP contribution in [0.1, 0.15) is 16.1 Å². The third-order valence-electron chi connectivity index (χ3n) is 2.80. The molecule has 1 heterocycles. The minimum absolute atomic E-state index is 0.239. The maximum Gasteiger partial charge on any atom is 0.339 e. The fourth-order valence-electron chi connectivity index (χ4n) is 1.99. The zero-order valence-corrected chi connectivity index (χ0v) is 10.5. The number of benzene rings is 1. The molecule has 0 radical (unpaired) electrons. The molecule has 18 heavy (non-hydrogen) atoms. The van der Waals surface area contributed by atoms with Crippen LogP contribution in [0.2, 0.25) is 0 Å². The maximum atomic E-state index is 11.3. The molecule has 0 fully saturated rings. The highest BCUT2D eigenvalue weighted by Crippen LogP contribution is 2.27. The van der Waals surface area contributed by atoms with Crippen LogP contribution in [0.5, 0.6) is 5.75 Å². The van der Waals surface area contributed by atoms with Crippen molar-refractivity contribution < 1.29 is 14.6 Å². The van der Waals surface area contributed by atoms with Crippen LogP contribution < -0.4 is 4.74 Å². The van der Waals surface area contributed by atoms with Crippen molar-refractivity contribution in [3.63, 3.8) is 0 Å². The first-order chi connectivity index (χ1) is 8.54. The highest BCUT2D eigenvalue weighted by molar-refractivity contribution is 5.96. The number of nitrogens with zero attached hydrogens (tertiary/aromatic N) is 2. The SMILES string of the molecule is COc1ccc(-c2c(C(=O)O)c(C)nn2C)cc1. The van der Waals surface area contributed by atoms with Crippen molar-refractivity contribution in [2.45, 2.75) is 6.92 Å². The molecule has 0 spiro atoms. The minimum Gasteiger partial charge on any atom is -0.497 e. The normalized spacial score (nSPS) is 10.4. The Morgan fingerprint density at radius 1 is 1.33 bits per heavy atom. The fraction of sp³-hybridized carbons (Fsp3) is 0.231. The van der Waals surface area contributed by atoms with Crippen LogP contribution >= 0.6 is 0 Å². The molecule has 1 aromatic carbocycles. The van der Waals surface area contributed by atoms with Crippen molar-refractivity contribution in [1.29, 1.82) is 0 Å². The van der Waals surface area contributed by atoms with Crippen LogP contribution in [0, 0.1) is 6.92 Å². The van der Waals surface area contributed by atoms with Crippen molar-refractivity contribution in [2.24, 2.45) is 7.05 Å². The minimum atomic E-state index is -0.966. The van der Waals surface area contributed by atoms with Gasteiger partial charge >= 0.3 is 5.97 Å². The number of hydrogen-bond donors (Lipinski definition) is 1. The standard InChI is InChI=1S/C13H14N2O3/c1-8-11(13(16)17)12(15(2)14-8)9-4-6-10(18-3)7-5-9/h4-7H,1-3H3,(H,16,17). The van der Waals surface area contributed by atoms with Crippen LogP contribution in [0.15, 0.2) is 24.3 Å². The molecule has 0 aliphatic heterocycles. The van der Waals surface area contributed by atoms with E-state index in [9.17, 15) is 9.90 Å². The molecule has 0 aliphatic carbocycles. The van der Waals surface area contributed by atoms with Gasteiger partial charge in [-0.25, -0.2) is 4.79 Å². The number of hydrogen-bond acceptors (Lipinski definition) is 3. The average Bonchev–Trinajstić information content (AvgIpc) is 2.64. The molecule has 0 aliphatic rings. The summed E-state index contributed by atoms with van der Waals surface area (Å²) in [7, 11) is 3.32. The van der Waals surface area contributed by atoms with Crippen molar-refractivity contribution in [1.82, 2.24) is 9.78 Å². The van der Waals surface area contributed by atoms with Crippen LogP contribution in [-0.4, -0.2) is 28.0 Å². The Morgan fingerprint density at radius 3 is 2.44 bits per heavy atom. The van der Waals surface area contributed by atoms with Gasteiger partial charge in [0.1, 0.15) is 11.3 Å². The number of methoxy groups -OCH3 is 1. The van der Waals surface area contributed by atoms with Gasteiger partial charge in [0.2, 0.25) is 0 Å². The summed E-state index contributed by atoms with van der Waals surface area (Å²) in [4.78, 5) is 11.3. The maximum absolute atomic E-state index is 11.3. The summed E-state index contributed by atoms with van der Waals surface area (Å²) in [5.41, 5.74) is 2.15. The molecule has 5 heteroatoms. The summed E-state index contributed by atoms with van der Waals surface area (Å²) in [6.07, 6.45) is 0. The number of rotatable bonds is 3. The highest BCUT2D eigenvalue weighted by atomic mass is 16.5. The second kappa shape index (κ2) is 4.52. The van der Waals surface area contributed by atoms with Gasteiger partial charge in [-0.3, -0.25) is 4.68 Å². The quantitative estimate of drug-likeness (QED) is 0.900.